The zero-order valence-electron chi connectivity index (χ0n) is 11.1. The van der Waals surface area contributed by atoms with Crippen LogP contribution in [-0.2, 0) is 0 Å². The van der Waals surface area contributed by atoms with E-state index in [1.807, 2.05) is 42.3 Å². The first-order valence-electron chi connectivity index (χ1n) is 6.13. The van der Waals surface area contributed by atoms with E-state index in [1.54, 1.807) is 13.0 Å². The molecule has 0 fully saturated rings. The van der Waals surface area contributed by atoms with E-state index in [2.05, 4.69) is 0 Å². The maximum absolute atomic E-state index is 13.2. The lowest BCUT2D eigenvalue weighted by molar-refractivity contribution is 0.1000. The van der Waals surface area contributed by atoms with Crippen molar-refractivity contribution in [2.45, 2.75) is 6.92 Å². The molecular formula is C16H16FNO. The molecule has 0 N–H and O–H groups in total. The number of halogens is 1. The number of hydrogen-bond donors (Lipinski definition) is 0. The Morgan fingerprint density at radius 2 is 1.84 bits per heavy atom. The molecule has 0 heterocycles. The summed E-state index contributed by atoms with van der Waals surface area (Å²) < 4.78 is 13.2. The van der Waals surface area contributed by atoms with Crippen molar-refractivity contribution in [3.63, 3.8) is 0 Å². The zero-order chi connectivity index (χ0) is 13.8. The molecule has 0 bridgehead atoms. The monoisotopic (exact) mass is 257 g/mol. The molecule has 2 nitrogen and oxygen atoms in total. The van der Waals surface area contributed by atoms with E-state index in [0.717, 1.165) is 5.69 Å². The number of rotatable bonds is 4. The van der Waals surface area contributed by atoms with Crippen LogP contribution in [0.4, 0.5) is 10.1 Å². The van der Waals surface area contributed by atoms with Crippen LogP contribution in [0.5, 0.6) is 0 Å². The van der Waals surface area contributed by atoms with E-state index in [4.69, 9.17) is 0 Å². The van der Waals surface area contributed by atoms with Gasteiger partial charge in [0, 0.05) is 18.3 Å². The highest BCUT2D eigenvalue weighted by Crippen LogP contribution is 2.14. The van der Waals surface area contributed by atoms with E-state index < -0.39 is 0 Å². The molecular weight excluding hydrogens is 241 g/mol. The first kappa shape index (κ1) is 13.3. The van der Waals surface area contributed by atoms with Gasteiger partial charge in [-0.1, -0.05) is 18.2 Å². The molecule has 0 saturated carbocycles. The highest BCUT2D eigenvalue weighted by molar-refractivity contribution is 5.99. The van der Waals surface area contributed by atoms with Gasteiger partial charge in [-0.2, -0.15) is 0 Å². The van der Waals surface area contributed by atoms with Gasteiger partial charge in [0.15, 0.2) is 5.78 Å². The first-order chi connectivity index (χ1) is 9.08. The summed E-state index contributed by atoms with van der Waals surface area (Å²) in [4.78, 5) is 14.0. The Morgan fingerprint density at radius 3 is 2.47 bits per heavy atom. The molecule has 0 radical (unpaired) electrons. The second-order valence-corrected chi connectivity index (χ2v) is 4.58. The lowest BCUT2D eigenvalue weighted by Gasteiger charge is -2.18. The highest BCUT2D eigenvalue weighted by atomic mass is 19.1. The molecule has 0 atom stereocenters. The summed E-state index contributed by atoms with van der Waals surface area (Å²) in [6.45, 7) is 1.93. The Labute approximate surface area is 112 Å². The second kappa shape index (κ2) is 5.65. The summed E-state index contributed by atoms with van der Waals surface area (Å²) in [5, 5.41) is 0. The number of carbonyl (C=O) groups is 1. The van der Waals surface area contributed by atoms with Gasteiger partial charge in [0.25, 0.3) is 0 Å². The van der Waals surface area contributed by atoms with Crippen molar-refractivity contribution in [2.24, 2.45) is 0 Å². The van der Waals surface area contributed by atoms with Crippen LogP contribution < -0.4 is 4.90 Å². The Hall–Kier alpha value is -2.16. The third kappa shape index (κ3) is 3.19. The lowest BCUT2D eigenvalue weighted by atomic mass is 10.1. The standard InChI is InChI=1S/C16H16FNO/c1-12-10-13(8-9-15(12)17)16(19)11-18(2)14-6-4-3-5-7-14/h3-10H,11H2,1-2H3. The number of ketones is 1. The molecule has 0 saturated heterocycles. The van der Waals surface area contributed by atoms with Gasteiger partial charge in [-0.15, -0.1) is 0 Å². The fraction of sp³-hybridized carbons (Fsp3) is 0.188. The molecule has 2 aromatic carbocycles. The SMILES string of the molecule is Cc1cc(C(=O)CN(C)c2ccccc2)ccc1F. The van der Waals surface area contributed by atoms with Crippen LogP contribution in [0, 0.1) is 12.7 Å². The average Bonchev–Trinajstić information content (AvgIpc) is 2.42. The normalized spacial score (nSPS) is 10.3. The van der Waals surface area contributed by atoms with Gasteiger partial charge in [-0.05, 0) is 42.8 Å². The predicted octanol–water partition coefficient (Wildman–Crippen LogP) is 3.45. The summed E-state index contributed by atoms with van der Waals surface area (Å²) in [7, 11) is 1.86. The van der Waals surface area contributed by atoms with E-state index in [0.29, 0.717) is 11.1 Å². The Balaban J connectivity index is 2.11. The molecule has 0 unspecified atom stereocenters. The van der Waals surface area contributed by atoms with Crippen molar-refractivity contribution < 1.29 is 9.18 Å². The summed E-state index contributed by atoms with van der Waals surface area (Å²) >= 11 is 0. The van der Waals surface area contributed by atoms with Gasteiger partial charge >= 0.3 is 0 Å². The molecule has 2 aromatic rings. The number of aryl methyl sites for hydroxylation is 1. The summed E-state index contributed by atoms with van der Waals surface area (Å²) in [6.07, 6.45) is 0. The number of anilines is 1. The molecule has 0 aliphatic carbocycles. The van der Waals surface area contributed by atoms with Gasteiger partial charge in [-0.3, -0.25) is 4.79 Å². The van der Waals surface area contributed by atoms with Crippen molar-refractivity contribution in [1.82, 2.24) is 0 Å². The van der Waals surface area contributed by atoms with Crippen LogP contribution in [0.1, 0.15) is 15.9 Å². The molecule has 0 amide bonds. The zero-order valence-corrected chi connectivity index (χ0v) is 11.1. The van der Waals surface area contributed by atoms with Crippen LogP contribution in [0.2, 0.25) is 0 Å². The number of para-hydroxylation sites is 1. The first-order valence-corrected chi connectivity index (χ1v) is 6.13. The van der Waals surface area contributed by atoms with Crippen LogP contribution >= 0.6 is 0 Å². The fourth-order valence-electron chi connectivity index (χ4n) is 1.90. The van der Waals surface area contributed by atoms with Crippen LogP contribution in [0.15, 0.2) is 48.5 Å². The molecule has 0 aliphatic heterocycles. The molecule has 0 spiro atoms. The molecule has 98 valence electrons. The van der Waals surface area contributed by atoms with E-state index >= 15 is 0 Å². The fourth-order valence-corrected chi connectivity index (χ4v) is 1.90. The molecule has 19 heavy (non-hydrogen) atoms. The van der Waals surface area contributed by atoms with Crippen LogP contribution in [0.3, 0.4) is 0 Å². The third-order valence-electron chi connectivity index (χ3n) is 3.06. The van der Waals surface area contributed by atoms with E-state index in [9.17, 15) is 9.18 Å². The lowest BCUT2D eigenvalue weighted by Crippen LogP contribution is -2.25. The van der Waals surface area contributed by atoms with Gasteiger partial charge in [0.1, 0.15) is 5.82 Å². The van der Waals surface area contributed by atoms with E-state index in [1.165, 1.54) is 12.1 Å². The van der Waals surface area contributed by atoms with Crippen molar-refractivity contribution in [3.05, 3.63) is 65.5 Å². The third-order valence-corrected chi connectivity index (χ3v) is 3.06. The average molecular weight is 257 g/mol. The van der Waals surface area contributed by atoms with Gasteiger partial charge in [0.2, 0.25) is 0 Å². The second-order valence-electron chi connectivity index (χ2n) is 4.58. The maximum Gasteiger partial charge on any atom is 0.182 e. The number of hydrogen-bond acceptors (Lipinski definition) is 2. The van der Waals surface area contributed by atoms with Crippen molar-refractivity contribution in [2.75, 3.05) is 18.5 Å². The summed E-state index contributed by atoms with van der Waals surface area (Å²) in [6, 6.07) is 14.1. The Bertz CT molecular complexity index is 581. The minimum Gasteiger partial charge on any atom is -0.367 e. The minimum absolute atomic E-state index is 0.0190. The van der Waals surface area contributed by atoms with Gasteiger partial charge < -0.3 is 4.90 Å². The largest absolute Gasteiger partial charge is 0.367 e. The summed E-state index contributed by atoms with van der Waals surface area (Å²) in [5.41, 5.74) is 2.02. The van der Waals surface area contributed by atoms with Crippen molar-refractivity contribution in [1.29, 1.82) is 0 Å². The highest BCUT2D eigenvalue weighted by Gasteiger charge is 2.11. The van der Waals surface area contributed by atoms with Crippen LogP contribution in [-0.4, -0.2) is 19.4 Å². The quantitative estimate of drug-likeness (QED) is 0.782. The number of carbonyl (C=O) groups excluding carboxylic acids is 1. The number of Topliss-reactive ketones (excluding diaryl/α,β-unsaturated/α-hetero) is 1. The van der Waals surface area contributed by atoms with Gasteiger partial charge in [0.05, 0.1) is 6.54 Å². The van der Waals surface area contributed by atoms with Crippen LogP contribution in [0.25, 0.3) is 0 Å². The Kier molecular flexibility index (Phi) is 3.95. The van der Waals surface area contributed by atoms with Crippen molar-refractivity contribution >= 4 is 11.5 Å². The number of nitrogens with zero attached hydrogens (tertiary/aromatic N) is 1. The molecule has 0 aliphatic rings. The number of likely N-dealkylation sites (N-methyl/N-ethyl adjacent to an activating group) is 1. The smallest absolute Gasteiger partial charge is 0.182 e. The summed E-state index contributed by atoms with van der Waals surface area (Å²) in [5.74, 6) is -0.303. The Morgan fingerprint density at radius 1 is 1.16 bits per heavy atom. The molecule has 0 aromatic heterocycles. The number of benzene rings is 2. The predicted molar refractivity (Wildman–Crippen MR) is 75.2 cm³/mol. The maximum atomic E-state index is 13.2. The minimum atomic E-state index is -0.284. The van der Waals surface area contributed by atoms with Crippen molar-refractivity contribution in [3.8, 4) is 0 Å². The van der Waals surface area contributed by atoms with Gasteiger partial charge in [-0.25, -0.2) is 4.39 Å². The molecule has 2 rings (SSSR count). The topological polar surface area (TPSA) is 20.3 Å². The molecule has 3 heteroatoms. The van der Waals surface area contributed by atoms with E-state index in [-0.39, 0.29) is 18.1 Å².